The van der Waals surface area contributed by atoms with E-state index in [0.29, 0.717) is 0 Å². The van der Waals surface area contributed by atoms with Crippen molar-refractivity contribution in [2.24, 2.45) is 0 Å². The second kappa shape index (κ2) is 4.89. The van der Waals surface area contributed by atoms with E-state index in [9.17, 15) is 4.79 Å². The Hall–Kier alpha value is -2.69. The van der Waals surface area contributed by atoms with Crippen molar-refractivity contribution in [3.05, 3.63) is 55.0 Å². The first-order chi connectivity index (χ1) is 9.33. The third-order valence-corrected chi connectivity index (χ3v) is 2.78. The summed E-state index contributed by atoms with van der Waals surface area (Å²) in [6, 6.07) is 11.2. The average molecular weight is 252 g/mol. The monoisotopic (exact) mass is 252 g/mol. The van der Waals surface area contributed by atoms with Crippen LogP contribution in [-0.4, -0.2) is 20.7 Å². The number of hydrogen-bond acceptors (Lipinski definition) is 3. The zero-order chi connectivity index (χ0) is 13.1. The van der Waals surface area contributed by atoms with Gasteiger partial charge in [0.2, 0.25) is 5.91 Å². The van der Waals surface area contributed by atoms with Gasteiger partial charge in [-0.2, -0.15) is 5.10 Å². The molecule has 0 radical (unpaired) electrons. The molecule has 2 aromatic heterocycles. The van der Waals surface area contributed by atoms with Gasteiger partial charge in [-0.3, -0.25) is 14.5 Å². The molecule has 1 aromatic carbocycles. The van der Waals surface area contributed by atoms with Crippen LogP contribution in [0, 0.1) is 0 Å². The second-order valence-corrected chi connectivity index (χ2v) is 4.13. The predicted molar refractivity (Wildman–Crippen MR) is 72.6 cm³/mol. The van der Waals surface area contributed by atoms with Crippen LogP contribution in [0.3, 0.4) is 0 Å². The van der Waals surface area contributed by atoms with E-state index >= 15 is 0 Å². The maximum Gasteiger partial charge on any atom is 0.246 e. The maximum atomic E-state index is 11.9. The molecule has 0 aliphatic carbocycles. The Labute approximate surface area is 109 Å². The number of aromatic nitrogens is 3. The summed E-state index contributed by atoms with van der Waals surface area (Å²) in [5, 5.41) is 7.82. The number of anilines is 1. The number of benzene rings is 1. The molecule has 0 aliphatic rings. The second-order valence-electron chi connectivity index (χ2n) is 4.13. The van der Waals surface area contributed by atoms with Crippen LogP contribution in [0.25, 0.3) is 10.9 Å². The molecule has 0 bridgehead atoms. The summed E-state index contributed by atoms with van der Waals surface area (Å²) in [7, 11) is 0. The minimum Gasteiger partial charge on any atom is -0.324 e. The summed E-state index contributed by atoms with van der Waals surface area (Å²) in [4.78, 5) is 16.2. The molecule has 0 atom stereocenters. The quantitative estimate of drug-likeness (QED) is 0.776. The van der Waals surface area contributed by atoms with Gasteiger partial charge in [0.05, 0.1) is 11.2 Å². The van der Waals surface area contributed by atoms with E-state index in [0.717, 1.165) is 16.6 Å². The number of fused-ring (bicyclic) bond motifs is 1. The summed E-state index contributed by atoms with van der Waals surface area (Å²) in [6.45, 7) is 0.198. The molecule has 3 rings (SSSR count). The van der Waals surface area contributed by atoms with Gasteiger partial charge in [0.1, 0.15) is 6.54 Å². The Morgan fingerprint density at radius 3 is 2.95 bits per heavy atom. The lowest BCUT2D eigenvalue weighted by atomic mass is 10.2. The number of pyridine rings is 1. The molecule has 0 saturated heterocycles. The number of hydrogen-bond donors (Lipinski definition) is 1. The molecule has 0 saturated carbocycles. The Balaban J connectivity index is 1.83. The summed E-state index contributed by atoms with van der Waals surface area (Å²) < 4.78 is 1.58. The number of amides is 1. The zero-order valence-corrected chi connectivity index (χ0v) is 10.2. The van der Waals surface area contributed by atoms with Gasteiger partial charge in [0.25, 0.3) is 0 Å². The van der Waals surface area contributed by atoms with E-state index in [-0.39, 0.29) is 12.5 Å². The van der Waals surface area contributed by atoms with Gasteiger partial charge in [0, 0.05) is 24.0 Å². The Bertz CT molecular complexity index is 701. The summed E-state index contributed by atoms with van der Waals surface area (Å²) in [5.41, 5.74) is 1.63. The maximum absolute atomic E-state index is 11.9. The molecule has 1 amide bonds. The van der Waals surface area contributed by atoms with Crippen LogP contribution in [0.5, 0.6) is 0 Å². The highest BCUT2D eigenvalue weighted by atomic mass is 16.2. The van der Waals surface area contributed by atoms with Gasteiger partial charge >= 0.3 is 0 Å². The molecule has 19 heavy (non-hydrogen) atoms. The van der Waals surface area contributed by atoms with Crippen LogP contribution in [0.2, 0.25) is 0 Å². The number of carbonyl (C=O) groups is 1. The van der Waals surface area contributed by atoms with E-state index in [4.69, 9.17) is 0 Å². The zero-order valence-electron chi connectivity index (χ0n) is 10.2. The van der Waals surface area contributed by atoms with Gasteiger partial charge in [-0.1, -0.05) is 6.07 Å². The lowest BCUT2D eigenvalue weighted by Gasteiger charge is -2.08. The van der Waals surface area contributed by atoms with Crippen LogP contribution < -0.4 is 5.32 Å². The summed E-state index contributed by atoms with van der Waals surface area (Å²) >= 11 is 0. The summed E-state index contributed by atoms with van der Waals surface area (Å²) in [6.07, 6.45) is 5.14. The molecule has 1 N–H and O–H groups in total. The fourth-order valence-corrected chi connectivity index (χ4v) is 1.94. The van der Waals surface area contributed by atoms with Crippen LogP contribution in [0.15, 0.2) is 55.0 Å². The van der Waals surface area contributed by atoms with E-state index in [1.165, 1.54) is 0 Å². The number of rotatable bonds is 3. The fraction of sp³-hybridized carbons (Fsp3) is 0.0714. The minimum atomic E-state index is -0.111. The van der Waals surface area contributed by atoms with Gasteiger partial charge in [-0.05, 0) is 30.3 Å². The highest BCUT2D eigenvalue weighted by Crippen LogP contribution is 2.21. The Kier molecular flexibility index (Phi) is 2.94. The first-order valence-corrected chi connectivity index (χ1v) is 5.94. The fourth-order valence-electron chi connectivity index (χ4n) is 1.94. The highest BCUT2D eigenvalue weighted by Gasteiger charge is 2.06. The molecular formula is C14H12N4O. The number of nitrogens with zero attached hydrogens (tertiary/aromatic N) is 3. The van der Waals surface area contributed by atoms with Crippen LogP contribution >= 0.6 is 0 Å². The predicted octanol–water partition coefficient (Wildman–Crippen LogP) is 2.07. The van der Waals surface area contributed by atoms with Crippen molar-refractivity contribution in [2.75, 3.05) is 5.32 Å². The molecule has 3 aromatic rings. The molecule has 2 heterocycles. The van der Waals surface area contributed by atoms with Crippen LogP contribution in [0.1, 0.15) is 0 Å². The van der Waals surface area contributed by atoms with Crippen molar-refractivity contribution < 1.29 is 4.79 Å². The molecule has 0 fully saturated rings. The molecule has 94 valence electrons. The summed E-state index contributed by atoms with van der Waals surface area (Å²) in [5.74, 6) is -0.111. The van der Waals surface area contributed by atoms with E-state index < -0.39 is 0 Å². The molecule has 0 aliphatic heterocycles. The average Bonchev–Trinajstić information content (AvgIpc) is 2.92. The largest absolute Gasteiger partial charge is 0.324 e. The smallest absolute Gasteiger partial charge is 0.246 e. The number of nitrogens with one attached hydrogen (secondary N) is 1. The number of carbonyl (C=O) groups excluding carboxylic acids is 1. The van der Waals surface area contributed by atoms with Crippen molar-refractivity contribution in [3.63, 3.8) is 0 Å². The molecule has 5 nitrogen and oxygen atoms in total. The molecule has 0 spiro atoms. The van der Waals surface area contributed by atoms with Crippen molar-refractivity contribution in [1.82, 2.24) is 14.8 Å². The van der Waals surface area contributed by atoms with Crippen molar-refractivity contribution in [1.29, 1.82) is 0 Å². The van der Waals surface area contributed by atoms with Crippen molar-refractivity contribution in [3.8, 4) is 0 Å². The van der Waals surface area contributed by atoms with E-state index in [1.807, 2.05) is 30.3 Å². The van der Waals surface area contributed by atoms with Gasteiger partial charge in [-0.25, -0.2) is 0 Å². The Morgan fingerprint density at radius 1 is 1.16 bits per heavy atom. The minimum absolute atomic E-state index is 0.111. The Morgan fingerprint density at radius 2 is 2.11 bits per heavy atom. The van der Waals surface area contributed by atoms with Crippen molar-refractivity contribution >= 4 is 22.5 Å². The molecular weight excluding hydrogens is 240 g/mol. The van der Waals surface area contributed by atoms with Crippen LogP contribution in [-0.2, 0) is 11.3 Å². The molecule has 5 heteroatoms. The SMILES string of the molecule is O=C(Cn1cccn1)Nc1cccc2ncccc12. The van der Waals surface area contributed by atoms with Gasteiger partial charge in [0.15, 0.2) is 0 Å². The standard InChI is InChI=1S/C14H12N4O/c19-14(10-18-9-3-8-16-18)17-13-6-1-5-12-11(13)4-2-7-15-12/h1-9H,10H2,(H,17,19). The van der Waals surface area contributed by atoms with Gasteiger partial charge in [-0.15, -0.1) is 0 Å². The van der Waals surface area contributed by atoms with E-state index in [2.05, 4.69) is 15.4 Å². The lowest BCUT2D eigenvalue weighted by Crippen LogP contribution is -2.19. The van der Waals surface area contributed by atoms with E-state index in [1.54, 1.807) is 29.3 Å². The van der Waals surface area contributed by atoms with Crippen molar-refractivity contribution in [2.45, 2.75) is 6.54 Å². The van der Waals surface area contributed by atoms with Crippen LogP contribution in [0.4, 0.5) is 5.69 Å². The highest BCUT2D eigenvalue weighted by molar-refractivity contribution is 6.00. The van der Waals surface area contributed by atoms with Gasteiger partial charge < -0.3 is 5.32 Å². The first-order valence-electron chi connectivity index (χ1n) is 5.94. The first kappa shape index (κ1) is 11.4. The third-order valence-electron chi connectivity index (χ3n) is 2.78. The molecule has 0 unspecified atom stereocenters. The normalized spacial score (nSPS) is 10.5. The third kappa shape index (κ3) is 2.44. The lowest BCUT2D eigenvalue weighted by molar-refractivity contribution is -0.116. The topological polar surface area (TPSA) is 59.8 Å².